The highest BCUT2D eigenvalue weighted by Crippen LogP contribution is 2.37. The Morgan fingerprint density at radius 2 is 1.68 bits per heavy atom. The molecule has 0 fully saturated rings. The second-order valence-corrected chi connectivity index (χ2v) is 5.23. The van der Waals surface area contributed by atoms with Gasteiger partial charge in [0.1, 0.15) is 0 Å². The fourth-order valence-corrected chi connectivity index (χ4v) is 2.56. The summed E-state index contributed by atoms with van der Waals surface area (Å²) in [6, 6.07) is 6.04. The van der Waals surface area contributed by atoms with Gasteiger partial charge in [-0.25, -0.2) is 0 Å². The van der Waals surface area contributed by atoms with Gasteiger partial charge in [-0.3, -0.25) is 19.7 Å². The molecule has 0 spiro atoms. The highest BCUT2D eigenvalue weighted by atomic mass is 16.6. The number of nitro groups is 1. The van der Waals surface area contributed by atoms with Crippen LogP contribution in [0.4, 0.5) is 5.69 Å². The summed E-state index contributed by atoms with van der Waals surface area (Å²) < 4.78 is 0. The Labute approximate surface area is 127 Å². The minimum absolute atomic E-state index is 0.0674. The summed E-state index contributed by atoms with van der Waals surface area (Å²) in [5.41, 5.74) is 1.37. The molecule has 114 valence electrons. The number of non-ortho nitro benzene ring substituents is 1. The lowest BCUT2D eigenvalue weighted by Gasteiger charge is -2.28. The van der Waals surface area contributed by atoms with Gasteiger partial charge in [0.05, 0.1) is 4.92 Å². The summed E-state index contributed by atoms with van der Waals surface area (Å²) in [5, 5.41) is 11.0. The minimum Gasteiger partial charge on any atom is -0.356 e. The SMILES string of the molecule is CC(=O)C1=CN(C)C=C(C(C)=O)C1c1cccc([N+](=O)[O-])c1. The van der Waals surface area contributed by atoms with Crippen LogP contribution in [0, 0.1) is 10.1 Å². The van der Waals surface area contributed by atoms with Gasteiger partial charge in [-0.1, -0.05) is 12.1 Å². The lowest BCUT2D eigenvalue weighted by Crippen LogP contribution is -2.24. The van der Waals surface area contributed by atoms with E-state index in [4.69, 9.17) is 0 Å². The number of ketones is 2. The van der Waals surface area contributed by atoms with Crippen molar-refractivity contribution in [3.8, 4) is 0 Å². The zero-order valence-corrected chi connectivity index (χ0v) is 12.6. The number of rotatable bonds is 4. The van der Waals surface area contributed by atoms with Crippen molar-refractivity contribution in [3.63, 3.8) is 0 Å². The van der Waals surface area contributed by atoms with Gasteiger partial charge in [0.2, 0.25) is 0 Å². The molecule has 6 heteroatoms. The Kier molecular flexibility index (Phi) is 4.21. The van der Waals surface area contributed by atoms with Crippen LogP contribution in [0.15, 0.2) is 47.8 Å². The predicted octanol–water partition coefficient (Wildman–Crippen LogP) is 2.57. The maximum atomic E-state index is 11.9. The lowest BCUT2D eigenvalue weighted by molar-refractivity contribution is -0.384. The van der Waals surface area contributed by atoms with Gasteiger partial charge < -0.3 is 4.90 Å². The molecule has 0 radical (unpaired) electrons. The average Bonchev–Trinajstić information content (AvgIpc) is 2.46. The number of carbonyl (C=O) groups is 2. The van der Waals surface area contributed by atoms with Crippen LogP contribution in [0.1, 0.15) is 25.3 Å². The monoisotopic (exact) mass is 300 g/mol. The molecule has 0 N–H and O–H groups in total. The van der Waals surface area contributed by atoms with Crippen molar-refractivity contribution in [1.29, 1.82) is 0 Å². The number of carbonyl (C=O) groups excluding carboxylic acids is 2. The zero-order valence-electron chi connectivity index (χ0n) is 12.6. The first-order valence-corrected chi connectivity index (χ1v) is 6.73. The molecule has 0 aromatic heterocycles. The van der Waals surface area contributed by atoms with Crippen molar-refractivity contribution in [2.24, 2.45) is 0 Å². The van der Waals surface area contributed by atoms with Crippen molar-refractivity contribution >= 4 is 17.3 Å². The molecule has 1 aromatic carbocycles. The molecule has 1 heterocycles. The first-order chi connectivity index (χ1) is 10.3. The van der Waals surface area contributed by atoms with E-state index in [0.29, 0.717) is 16.7 Å². The Morgan fingerprint density at radius 1 is 1.14 bits per heavy atom. The van der Waals surface area contributed by atoms with E-state index >= 15 is 0 Å². The fourth-order valence-electron chi connectivity index (χ4n) is 2.56. The van der Waals surface area contributed by atoms with Crippen molar-refractivity contribution in [2.45, 2.75) is 19.8 Å². The first kappa shape index (κ1) is 15.6. The van der Waals surface area contributed by atoms with Gasteiger partial charge in [-0.05, 0) is 19.4 Å². The van der Waals surface area contributed by atoms with E-state index < -0.39 is 10.8 Å². The van der Waals surface area contributed by atoms with E-state index in [0.717, 1.165) is 0 Å². The molecular weight excluding hydrogens is 284 g/mol. The fraction of sp³-hybridized carbons (Fsp3) is 0.250. The molecule has 1 aliphatic rings. The molecule has 2 rings (SSSR count). The van der Waals surface area contributed by atoms with Crippen molar-refractivity contribution < 1.29 is 14.5 Å². The Bertz CT molecular complexity index is 687. The maximum absolute atomic E-state index is 11.9. The second kappa shape index (κ2) is 5.93. The first-order valence-electron chi connectivity index (χ1n) is 6.73. The summed E-state index contributed by atoms with van der Waals surface area (Å²) in [7, 11) is 1.73. The second-order valence-electron chi connectivity index (χ2n) is 5.23. The number of nitro benzene ring substituents is 1. The molecule has 0 aliphatic carbocycles. The Balaban J connectivity index is 2.61. The van der Waals surface area contributed by atoms with E-state index in [1.54, 1.807) is 36.5 Å². The summed E-state index contributed by atoms with van der Waals surface area (Å²) in [6.45, 7) is 2.85. The molecule has 0 amide bonds. The topological polar surface area (TPSA) is 80.5 Å². The molecule has 22 heavy (non-hydrogen) atoms. The molecule has 0 saturated heterocycles. The third kappa shape index (κ3) is 2.95. The van der Waals surface area contributed by atoms with Crippen LogP contribution in [0.5, 0.6) is 0 Å². The van der Waals surface area contributed by atoms with Gasteiger partial charge in [0.25, 0.3) is 5.69 Å². The number of Topliss-reactive ketones (excluding diaryl/α,β-unsaturated/α-hetero) is 2. The third-order valence-corrected chi connectivity index (χ3v) is 3.53. The maximum Gasteiger partial charge on any atom is 0.269 e. The number of allylic oxidation sites excluding steroid dienone is 2. The number of nitrogens with zero attached hydrogens (tertiary/aromatic N) is 2. The van der Waals surface area contributed by atoms with E-state index in [1.165, 1.54) is 26.0 Å². The normalized spacial score (nSPS) is 15.1. The standard InChI is InChI=1S/C16H16N2O4/c1-10(19)14-8-17(3)9-15(11(2)20)16(14)12-5-4-6-13(7-12)18(21)22/h4-9,16H,1-3H3. The highest BCUT2D eigenvalue weighted by molar-refractivity contribution is 6.02. The van der Waals surface area contributed by atoms with Crippen molar-refractivity contribution in [3.05, 3.63) is 63.5 Å². The van der Waals surface area contributed by atoms with E-state index in [-0.39, 0.29) is 17.3 Å². The van der Waals surface area contributed by atoms with Gasteiger partial charge in [-0.15, -0.1) is 0 Å². The van der Waals surface area contributed by atoms with E-state index in [1.807, 2.05) is 0 Å². The smallest absolute Gasteiger partial charge is 0.269 e. The average molecular weight is 300 g/mol. The quantitative estimate of drug-likeness (QED) is 0.630. The van der Waals surface area contributed by atoms with Crippen molar-refractivity contribution in [1.82, 2.24) is 4.90 Å². The van der Waals surface area contributed by atoms with Crippen molar-refractivity contribution in [2.75, 3.05) is 7.05 Å². The number of hydrogen-bond acceptors (Lipinski definition) is 5. The predicted molar refractivity (Wildman–Crippen MR) is 81.1 cm³/mol. The molecule has 0 atom stereocenters. The summed E-state index contributed by atoms with van der Waals surface area (Å²) in [4.78, 5) is 36.0. The van der Waals surface area contributed by atoms with Crippen LogP contribution >= 0.6 is 0 Å². The molecular formula is C16H16N2O4. The largest absolute Gasteiger partial charge is 0.356 e. The van der Waals surface area contributed by atoms with Gasteiger partial charge in [0, 0.05) is 48.6 Å². The van der Waals surface area contributed by atoms with E-state index in [2.05, 4.69) is 0 Å². The van der Waals surface area contributed by atoms with Crippen LogP contribution in [-0.4, -0.2) is 28.4 Å². The number of hydrogen-bond donors (Lipinski definition) is 0. The molecule has 0 unspecified atom stereocenters. The summed E-state index contributed by atoms with van der Waals surface area (Å²) >= 11 is 0. The van der Waals surface area contributed by atoms with Crippen LogP contribution in [0.2, 0.25) is 0 Å². The van der Waals surface area contributed by atoms with Crippen LogP contribution < -0.4 is 0 Å². The van der Waals surface area contributed by atoms with Gasteiger partial charge in [-0.2, -0.15) is 0 Å². The Hall–Kier alpha value is -2.76. The Morgan fingerprint density at radius 3 is 2.14 bits per heavy atom. The molecule has 1 aromatic rings. The minimum atomic E-state index is -0.578. The number of benzene rings is 1. The molecule has 1 aliphatic heterocycles. The molecule has 0 bridgehead atoms. The molecule has 6 nitrogen and oxygen atoms in total. The lowest BCUT2D eigenvalue weighted by atomic mass is 9.80. The zero-order chi connectivity index (χ0) is 16.4. The highest BCUT2D eigenvalue weighted by Gasteiger charge is 2.31. The van der Waals surface area contributed by atoms with Gasteiger partial charge >= 0.3 is 0 Å². The summed E-state index contributed by atoms with van der Waals surface area (Å²) in [5.74, 6) is -0.920. The third-order valence-electron chi connectivity index (χ3n) is 3.53. The van der Waals surface area contributed by atoms with Crippen LogP contribution in [0.3, 0.4) is 0 Å². The molecule has 0 saturated carbocycles. The van der Waals surface area contributed by atoms with E-state index in [9.17, 15) is 19.7 Å². The summed E-state index contributed by atoms with van der Waals surface area (Å²) in [6.07, 6.45) is 3.30. The van der Waals surface area contributed by atoms with Crippen LogP contribution in [0.25, 0.3) is 0 Å². The van der Waals surface area contributed by atoms with Crippen LogP contribution in [-0.2, 0) is 9.59 Å². The van der Waals surface area contributed by atoms with Gasteiger partial charge in [0.15, 0.2) is 11.6 Å².